The molecule has 3 aromatic heterocycles. The smallest absolute Gasteiger partial charge is 0.245 e. The maximum absolute atomic E-state index is 5.87. The maximum atomic E-state index is 5.87. The molecule has 5 nitrogen and oxygen atoms in total. The predicted molar refractivity (Wildman–Crippen MR) is 79.7 cm³/mol. The lowest BCUT2D eigenvalue weighted by molar-refractivity contribution is 0.401. The molecule has 7 heteroatoms. The van der Waals surface area contributed by atoms with E-state index in [9.17, 15) is 0 Å². The third-order valence-electron chi connectivity index (χ3n) is 2.98. The summed E-state index contributed by atoms with van der Waals surface area (Å²) in [5.74, 6) is 1.92. The molecule has 0 radical (unpaired) electrons. The first-order valence-corrected chi connectivity index (χ1v) is 7.57. The van der Waals surface area contributed by atoms with Gasteiger partial charge in [-0.1, -0.05) is 6.07 Å². The third-order valence-corrected chi connectivity index (χ3v) is 4.03. The van der Waals surface area contributed by atoms with Gasteiger partial charge in [-0.05, 0) is 11.4 Å². The number of halogens is 1. The highest BCUT2D eigenvalue weighted by Gasteiger charge is 2.16. The number of imidazole rings is 1. The minimum atomic E-state index is 0.496. The summed E-state index contributed by atoms with van der Waals surface area (Å²) >= 11 is 7.58. The van der Waals surface area contributed by atoms with E-state index in [2.05, 4.69) is 31.0 Å². The second-order valence-electron chi connectivity index (χ2n) is 4.19. The molecule has 0 N–H and O–H groups in total. The number of thiophene rings is 1. The summed E-state index contributed by atoms with van der Waals surface area (Å²) in [5.41, 5.74) is 1.47. The van der Waals surface area contributed by atoms with Gasteiger partial charge in [-0.3, -0.25) is 0 Å². The molecular weight excluding hydrogens is 296 g/mol. The number of hydrogen-bond donors (Lipinski definition) is 0. The number of aromatic nitrogens is 4. The number of alkyl halides is 1. The molecular formula is C13H13ClN4OS. The van der Waals surface area contributed by atoms with Crippen molar-refractivity contribution in [3.05, 3.63) is 34.5 Å². The molecule has 0 aliphatic rings. The Kier molecular flexibility index (Phi) is 3.84. The van der Waals surface area contributed by atoms with Crippen molar-refractivity contribution in [3.63, 3.8) is 0 Å². The molecule has 3 aromatic rings. The highest BCUT2D eigenvalue weighted by Crippen LogP contribution is 2.24. The molecule has 0 aromatic carbocycles. The zero-order chi connectivity index (χ0) is 13.9. The second-order valence-corrected chi connectivity index (χ2v) is 5.60. The van der Waals surface area contributed by atoms with Crippen molar-refractivity contribution in [2.24, 2.45) is 0 Å². The molecule has 3 rings (SSSR count). The van der Waals surface area contributed by atoms with Crippen LogP contribution in [-0.4, -0.2) is 32.5 Å². The SMILES string of the molecule is COc1ncnc2c1nc(CCCl)n2Cc1cccs1. The van der Waals surface area contributed by atoms with Gasteiger partial charge in [0.1, 0.15) is 12.2 Å². The fourth-order valence-corrected chi connectivity index (χ4v) is 2.97. The molecule has 0 amide bonds. The van der Waals surface area contributed by atoms with Gasteiger partial charge < -0.3 is 9.30 Å². The van der Waals surface area contributed by atoms with Crippen LogP contribution < -0.4 is 4.74 Å². The molecule has 0 spiro atoms. The van der Waals surface area contributed by atoms with E-state index in [1.807, 2.05) is 6.07 Å². The summed E-state index contributed by atoms with van der Waals surface area (Å²) in [4.78, 5) is 14.3. The zero-order valence-corrected chi connectivity index (χ0v) is 12.5. The molecule has 0 unspecified atom stereocenters. The first-order chi connectivity index (χ1) is 9.83. The highest BCUT2D eigenvalue weighted by atomic mass is 35.5. The lowest BCUT2D eigenvalue weighted by Crippen LogP contribution is -2.05. The van der Waals surface area contributed by atoms with Crippen LogP contribution in [0.2, 0.25) is 0 Å². The Hall–Kier alpha value is -1.66. The van der Waals surface area contributed by atoms with Crippen LogP contribution in [0.4, 0.5) is 0 Å². The summed E-state index contributed by atoms with van der Waals surface area (Å²) < 4.78 is 7.33. The Balaban J connectivity index is 2.13. The van der Waals surface area contributed by atoms with Gasteiger partial charge in [0.05, 0.1) is 13.7 Å². The lowest BCUT2D eigenvalue weighted by Gasteiger charge is -2.06. The second kappa shape index (κ2) is 5.76. The van der Waals surface area contributed by atoms with E-state index in [0.29, 0.717) is 23.7 Å². The van der Waals surface area contributed by atoms with Gasteiger partial charge in [0.25, 0.3) is 0 Å². The molecule has 0 saturated heterocycles. The zero-order valence-electron chi connectivity index (χ0n) is 10.9. The van der Waals surface area contributed by atoms with Gasteiger partial charge in [0.2, 0.25) is 5.88 Å². The van der Waals surface area contributed by atoms with E-state index >= 15 is 0 Å². The quantitative estimate of drug-likeness (QED) is 0.680. The van der Waals surface area contributed by atoms with E-state index < -0.39 is 0 Å². The number of hydrogen-bond acceptors (Lipinski definition) is 5. The normalized spacial score (nSPS) is 11.1. The standard InChI is InChI=1S/C13H13ClN4OS/c1-19-13-11-12(15-8-16-13)18(10(17-11)4-5-14)7-9-3-2-6-20-9/h2-3,6,8H,4-5,7H2,1H3. The number of ether oxygens (including phenoxy) is 1. The van der Waals surface area contributed by atoms with Gasteiger partial charge in [-0.25, -0.2) is 9.97 Å². The van der Waals surface area contributed by atoms with E-state index in [-0.39, 0.29) is 0 Å². The Morgan fingerprint density at radius 1 is 1.40 bits per heavy atom. The van der Waals surface area contributed by atoms with Gasteiger partial charge in [-0.2, -0.15) is 4.98 Å². The van der Waals surface area contributed by atoms with Crippen molar-refractivity contribution < 1.29 is 4.74 Å². The minimum absolute atomic E-state index is 0.496. The van der Waals surface area contributed by atoms with Crippen molar-refractivity contribution in [1.82, 2.24) is 19.5 Å². The number of rotatable bonds is 5. The summed E-state index contributed by atoms with van der Waals surface area (Å²) in [6.45, 7) is 0.737. The van der Waals surface area contributed by atoms with Crippen molar-refractivity contribution in [1.29, 1.82) is 0 Å². The van der Waals surface area contributed by atoms with Gasteiger partial charge in [-0.15, -0.1) is 22.9 Å². The third kappa shape index (κ3) is 2.36. The van der Waals surface area contributed by atoms with Crippen LogP contribution >= 0.6 is 22.9 Å². The minimum Gasteiger partial charge on any atom is -0.479 e. The van der Waals surface area contributed by atoms with Gasteiger partial charge in [0.15, 0.2) is 11.2 Å². The van der Waals surface area contributed by atoms with Crippen molar-refractivity contribution >= 4 is 34.1 Å². The van der Waals surface area contributed by atoms with Crippen molar-refractivity contribution in [2.45, 2.75) is 13.0 Å². The average Bonchev–Trinajstić information content (AvgIpc) is 3.08. The van der Waals surface area contributed by atoms with Crippen LogP contribution in [-0.2, 0) is 13.0 Å². The Labute approximate surface area is 125 Å². The number of fused-ring (bicyclic) bond motifs is 1. The highest BCUT2D eigenvalue weighted by molar-refractivity contribution is 7.09. The molecule has 104 valence electrons. The molecule has 0 bridgehead atoms. The van der Waals surface area contributed by atoms with Crippen LogP contribution in [0.1, 0.15) is 10.7 Å². The molecule has 3 heterocycles. The molecule has 0 saturated carbocycles. The van der Waals surface area contributed by atoms with E-state index in [0.717, 1.165) is 18.0 Å². The summed E-state index contributed by atoms with van der Waals surface area (Å²) in [5, 5.41) is 2.06. The Bertz CT molecular complexity index is 711. The topological polar surface area (TPSA) is 52.8 Å². The van der Waals surface area contributed by atoms with E-state index in [1.54, 1.807) is 18.4 Å². The number of aryl methyl sites for hydroxylation is 1. The summed E-state index contributed by atoms with van der Waals surface area (Å²) in [7, 11) is 1.58. The van der Waals surface area contributed by atoms with Crippen LogP contribution in [0.3, 0.4) is 0 Å². The fourth-order valence-electron chi connectivity index (χ4n) is 2.11. The first-order valence-electron chi connectivity index (χ1n) is 6.16. The molecule has 0 fully saturated rings. The molecule has 0 atom stereocenters. The average molecular weight is 309 g/mol. The Morgan fingerprint density at radius 3 is 3.00 bits per heavy atom. The van der Waals surface area contributed by atoms with Gasteiger partial charge >= 0.3 is 0 Å². The van der Waals surface area contributed by atoms with E-state index in [1.165, 1.54) is 11.2 Å². The lowest BCUT2D eigenvalue weighted by atomic mass is 10.4. The molecule has 0 aliphatic carbocycles. The fraction of sp³-hybridized carbons (Fsp3) is 0.308. The monoisotopic (exact) mass is 308 g/mol. The van der Waals surface area contributed by atoms with Gasteiger partial charge in [0, 0.05) is 17.2 Å². The van der Waals surface area contributed by atoms with Crippen LogP contribution in [0, 0.1) is 0 Å². The maximum Gasteiger partial charge on any atom is 0.245 e. The first kappa shape index (κ1) is 13.3. The van der Waals surface area contributed by atoms with Crippen molar-refractivity contribution in [2.75, 3.05) is 13.0 Å². The van der Waals surface area contributed by atoms with Crippen molar-refractivity contribution in [3.8, 4) is 5.88 Å². The van der Waals surface area contributed by atoms with Crippen LogP contribution in [0.15, 0.2) is 23.8 Å². The summed E-state index contributed by atoms with van der Waals surface area (Å²) in [6, 6.07) is 4.13. The Morgan fingerprint density at radius 2 is 2.30 bits per heavy atom. The predicted octanol–water partition coefficient (Wildman–Crippen LogP) is 2.73. The summed E-state index contributed by atoms with van der Waals surface area (Å²) in [6.07, 6.45) is 2.19. The molecule has 0 aliphatic heterocycles. The number of methoxy groups -OCH3 is 1. The molecule has 20 heavy (non-hydrogen) atoms. The number of nitrogens with zero attached hydrogens (tertiary/aromatic N) is 4. The van der Waals surface area contributed by atoms with Crippen LogP contribution in [0.25, 0.3) is 11.2 Å². The largest absolute Gasteiger partial charge is 0.479 e. The van der Waals surface area contributed by atoms with Crippen LogP contribution in [0.5, 0.6) is 5.88 Å². The van der Waals surface area contributed by atoms with E-state index in [4.69, 9.17) is 16.3 Å².